The van der Waals surface area contributed by atoms with E-state index in [-0.39, 0.29) is 0 Å². The summed E-state index contributed by atoms with van der Waals surface area (Å²) in [6.07, 6.45) is 0. The SMILES string of the molecule is Nc1ccc(-c2ccc(N)cc2[AsH2])cc1. The number of hydrogen-bond acceptors (Lipinski definition) is 2. The molecule has 2 aromatic carbocycles. The van der Waals surface area contributed by atoms with E-state index in [9.17, 15) is 0 Å². The minimum absolute atomic E-state index is 0.789. The van der Waals surface area contributed by atoms with E-state index < -0.39 is 0 Å². The first-order valence-corrected chi connectivity index (χ1v) is 5.89. The van der Waals surface area contributed by atoms with Crippen LogP contribution in [0.2, 0.25) is 0 Å². The van der Waals surface area contributed by atoms with Crippen LogP contribution >= 0.6 is 0 Å². The Balaban J connectivity index is 2.49. The average molecular weight is 260 g/mol. The van der Waals surface area contributed by atoms with Gasteiger partial charge in [0.05, 0.1) is 0 Å². The Morgan fingerprint density at radius 3 is 2.00 bits per heavy atom. The molecule has 76 valence electrons. The van der Waals surface area contributed by atoms with Crippen LogP contribution in [0.15, 0.2) is 42.5 Å². The predicted octanol–water partition coefficient (Wildman–Crippen LogP) is 0.776. The second kappa shape index (κ2) is 3.99. The fourth-order valence-corrected chi connectivity index (χ4v) is 2.46. The van der Waals surface area contributed by atoms with Gasteiger partial charge >= 0.3 is 97.6 Å². The molecule has 4 N–H and O–H groups in total. The Morgan fingerprint density at radius 2 is 1.40 bits per heavy atom. The Labute approximate surface area is 97.8 Å². The summed E-state index contributed by atoms with van der Waals surface area (Å²) in [4.78, 5) is 0. The number of rotatable bonds is 1. The van der Waals surface area contributed by atoms with Gasteiger partial charge < -0.3 is 0 Å². The van der Waals surface area contributed by atoms with Crippen LogP contribution in [0.4, 0.5) is 11.4 Å². The molecule has 0 aliphatic heterocycles. The van der Waals surface area contributed by atoms with E-state index in [0.29, 0.717) is 0 Å². The molecule has 0 radical (unpaired) electrons. The molecule has 2 rings (SSSR count). The van der Waals surface area contributed by atoms with Gasteiger partial charge in [0.25, 0.3) is 0 Å². The molecule has 0 bridgehead atoms. The molecule has 0 aliphatic rings. The van der Waals surface area contributed by atoms with Crippen molar-refractivity contribution in [3.63, 3.8) is 0 Å². The molecule has 0 saturated carbocycles. The monoisotopic (exact) mass is 260 g/mol. The van der Waals surface area contributed by atoms with Crippen molar-refractivity contribution in [3.8, 4) is 11.1 Å². The molecule has 3 heteroatoms. The second-order valence-electron chi connectivity index (χ2n) is 3.47. The molecule has 0 heterocycles. The number of nitrogens with two attached hydrogens (primary N) is 2. The molecule has 1 unspecified atom stereocenters. The van der Waals surface area contributed by atoms with Crippen LogP contribution in [-0.2, 0) is 0 Å². The van der Waals surface area contributed by atoms with Gasteiger partial charge in [-0.2, -0.15) is 0 Å². The predicted molar refractivity (Wildman–Crippen MR) is 68.9 cm³/mol. The Hall–Kier alpha value is -1.40. The first-order chi connectivity index (χ1) is 7.16. The van der Waals surface area contributed by atoms with Crippen LogP contribution in [0.1, 0.15) is 0 Å². The maximum absolute atomic E-state index is 5.72. The summed E-state index contributed by atoms with van der Waals surface area (Å²) < 4.78 is 1.24. The Kier molecular flexibility index (Phi) is 2.70. The van der Waals surface area contributed by atoms with Crippen molar-refractivity contribution in [2.24, 2.45) is 0 Å². The first-order valence-electron chi connectivity index (χ1n) is 4.68. The van der Waals surface area contributed by atoms with Crippen molar-refractivity contribution in [1.29, 1.82) is 0 Å². The van der Waals surface area contributed by atoms with Crippen LogP contribution in [0.5, 0.6) is 0 Å². The van der Waals surface area contributed by atoms with E-state index in [2.05, 4.69) is 6.07 Å². The van der Waals surface area contributed by atoms with Crippen molar-refractivity contribution >= 4 is 32.6 Å². The molecular formula is C12H13AsN2. The van der Waals surface area contributed by atoms with Gasteiger partial charge in [-0.1, -0.05) is 0 Å². The van der Waals surface area contributed by atoms with Gasteiger partial charge in [0.15, 0.2) is 0 Å². The summed E-state index contributed by atoms with van der Waals surface area (Å²) >= 11 is 1.58. The summed E-state index contributed by atoms with van der Waals surface area (Å²) in [7, 11) is 0. The van der Waals surface area contributed by atoms with E-state index in [4.69, 9.17) is 11.5 Å². The molecule has 2 nitrogen and oxygen atoms in total. The molecular weight excluding hydrogens is 247 g/mol. The molecule has 0 saturated heterocycles. The van der Waals surface area contributed by atoms with Gasteiger partial charge in [0.2, 0.25) is 0 Å². The van der Waals surface area contributed by atoms with Crippen LogP contribution < -0.4 is 15.8 Å². The molecule has 15 heavy (non-hydrogen) atoms. The number of benzene rings is 2. The van der Waals surface area contributed by atoms with E-state index in [0.717, 1.165) is 11.4 Å². The van der Waals surface area contributed by atoms with Crippen molar-refractivity contribution in [3.05, 3.63) is 42.5 Å². The number of anilines is 2. The van der Waals surface area contributed by atoms with Crippen LogP contribution in [0, 0.1) is 0 Å². The third kappa shape index (κ3) is 2.16. The molecule has 1 atom stereocenters. The van der Waals surface area contributed by atoms with Gasteiger partial charge in [0, 0.05) is 0 Å². The molecule has 0 fully saturated rings. The van der Waals surface area contributed by atoms with Crippen LogP contribution in [-0.4, -0.2) is 16.9 Å². The van der Waals surface area contributed by atoms with Crippen LogP contribution in [0.3, 0.4) is 0 Å². The van der Waals surface area contributed by atoms with Gasteiger partial charge in [-0.3, -0.25) is 0 Å². The summed E-state index contributed by atoms with van der Waals surface area (Å²) in [5.74, 6) is 0. The molecule has 0 amide bonds. The minimum atomic E-state index is 0.789. The zero-order valence-electron chi connectivity index (χ0n) is 8.27. The van der Waals surface area contributed by atoms with E-state index in [1.54, 1.807) is 16.9 Å². The van der Waals surface area contributed by atoms with Gasteiger partial charge in [0.1, 0.15) is 0 Å². The topological polar surface area (TPSA) is 52.0 Å². The zero-order valence-corrected chi connectivity index (χ0v) is 10.7. The average Bonchev–Trinajstić information content (AvgIpc) is 2.20. The zero-order chi connectivity index (χ0) is 10.8. The third-order valence-electron chi connectivity index (χ3n) is 2.30. The van der Waals surface area contributed by atoms with Crippen LogP contribution in [0.25, 0.3) is 11.1 Å². The van der Waals surface area contributed by atoms with Crippen molar-refractivity contribution in [1.82, 2.24) is 0 Å². The molecule has 0 aromatic heterocycles. The fraction of sp³-hybridized carbons (Fsp3) is 0. The summed E-state index contributed by atoms with van der Waals surface area (Å²) in [6.45, 7) is 0. The van der Waals surface area contributed by atoms with E-state index in [1.165, 1.54) is 15.5 Å². The quantitative estimate of drug-likeness (QED) is 0.588. The molecule has 0 spiro atoms. The summed E-state index contributed by atoms with van der Waals surface area (Å²) in [5.41, 5.74) is 15.4. The van der Waals surface area contributed by atoms with Gasteiger partial charge in [-0.15, -0.1) is 0 Å². The first kappa shape index (κ1) is 10.1. The second-order valence-corrected chi connectivity index (χ2v) is 4.77. The normalized spacial score (nSPS) is 10.2. The fourth-order valence-electron chi connectivity index (χ4n) is 1.51. The Bertz CT molecular complexity index is 477. The van der Waals surface area contributed by atoms with Crippen molar-refractivity contribution < 1.29 is 0 Å². The maximum atomic E-state index is 5.72. The Morgan fingerprint density at radius 1 is 0.800 bits per heavy atom. The van der Waals surface area contributed by atoms with E-state index in [1.807, 2.05) is 36.4 Å². The summed E-state index contributed by atoms with van der Waals surface area (Å²) in [6, 6.07) is 13.9. The van der Waals surface area contributed by atoms with E-state index >= 15 is 0 Å². The van der Waals surface area contributed by atoms with Gasteiger partial charge in [-0.05, 0) is 0 Å². The summed E-state index contributed by atoms with van der Waals surface area (Å²) in [5, 5.41) is 0. The van der Waals surface area contributed by atoms with Crippen molar-refractivity contribution in [2.45, 2.75) is 0 Å². The third-order valence-corrected chi connectivity index (χ3v) is 3.30. The van der Waals surface area contributed by atoms with Gasteiger partial charge in [-0.25, -0.2) is 0 Å². The number of hydrogen-bond donors (Lipinski definition) is 2. The molecule has 0 aliphatic carbocycles. The number of nitrogen functional groups attached to an aromatic ring is 2. The van der Waals surface area contributed by atoms with Crippen molar-refractivity contribution in [2.75, 3.05) is 11.5 Å². The molecule has 2 aromatic rings. The standard InChI is InChI=1S/C12H13AsN2/c13-12-7-10(15)5-6-11(12)8-1-3-9(14)4-2-8/h1-7H,13-15H2.